The van der Waals surface area contributed by atoms with Gasteiger partial charge in [-0.1, -0.05) is 42.5 Å². The summed E-state index contributed by atoms with van der Waals surface area (Å²) in [6.45, 7) is 0.0468. The molecule has 2 aromatic carbocycles. The molecule has 0 aromatic heterocycles. The maximum absolute atomic E-state index is 13.3. The van der Waals surface area contributed by atoms with Crippen molar-refractivity contribution in [1.29, 1.82) is 0 Å². The molecule has 28 heavy (non-hydrogen) atoms. The molecule has 150 valence electrons. The van der Waals surface area contributed by atoms with Crippen LogP contribution in [0.2, 0.25) is 0 Å². The summed E-state index contributed by atoms with van der Waals surface area (Å²) in [7, 11) is -4.37. The highest BCUT2D eigenvalue weighted by atomic mass is 32.2. The van der Waals surface area contributed by atoms with Crippen molar-refractivity contribution in [2.45, 2.75) is 35.3 Å². The molecule has 0 unspecified atom stereocenters. The smallest absolute Gasteiger partial charge is 0.417 e. The van der Waals surface area contributed by atoms with Gasteiger partial charge in [-0.25, -0.2) is 8.42 Å². The van der Waals surface area contributed by atoms with E-state index in [9.17, 15) is 31.5 Å². The Morgan fingerprint density at radius 1 is 1.07 bits per heavy atom. The summed E-state index contributed by atoms with van der Waals surface area (Å²) in [6, 6.07) is 11.8. The number of carbonyl (C=O) groups is 1. The van der Waals surface area contributed by atoms with Crippen molar-refractivity contribution in [3.63, 3.8) is 0 Å². The SMILES string of the molecule is O=C(O)[C@@H]1C[C@@H](S(=O)(=O)c2ccccc2C(F)(F)F)CN1Cc1ccccc1. The summed E-state index contributed by atoms with van der Waals surface area (Å²) < 4.78 is 65.7. The Balaban J connectivity index is 1.93. The molecule has 9 heteroatoms. The van der Waals surface area contributed by atoms with Gasteiger partial charge in [-0.05, 0) is 24.1 Å². The van der Waals surface area contributed by atoms with E-state index in [4.69, 9.17) is 0 Å². The lowest BCUT2D eigenvalue weighted by Crippen LogP contribution is -2.35. The third-order valence-electron chi connectivity index (χ3n) is 4.82. The highest BCUT2D eigenvalue weighted by Crippen LogP contribution is 2.37. The first kappa shape index (κ1) is 20.3. The Morgan fingerprint density at radius 3 is 2.29 bits per heavy atom. The fourth-order valence-electron chi connectivity index (χ4n) is 3.46. The second-order valence-electron chi connectivity index (χ2n) is 6.67. The maximum Gasteiger partial charge on any atom is 0.417 e. The van der Waals surface area contributed by atoms with Gasteiger partial charge >= 0.3 is 12.1 Å². The van der Waals surface area contributed by atoms with Gasteiger partial charge in [0.1, 0.15) is 6.04 Å². The van der Waals surface area contributed by atoms with Gasteiger partial charge in [0.25, 0.3) is 0 Å². The van der Waals surface area contributed by atoms with Crippen LogP contribution in [0.3, 0.4) is 0 Å². The van der Waals surface area contributed by atoms with E-state index in [1.54, 1.807) is 30.3 Å². The predicted octanol–water partition coefficient (Wildman–Crippen LogP) is 3.21. The quantitative estimate of drug-likeness (QED) is 0.815. The molecule has 0 saturated carbocycles. The lowest BCUT2D eigenvalue weighted by molar-refractivity contribution is -0.142. The van der Waals surface area contributed by atoms with Crippen LogP contribution in [0, 0.1) is 0 Å². The molecular weight excluding hydrogens is 395 g/mol. The summed E-state index contributed by atoms with van der Waals surface area (Å²) in [6.07, 6.45) is -5.09. The van der Waals surface area contributed by atoms with Crippen molar-refractivity contribution in [2.24, 2.45) is 0 Å². The number of rotatable bonds is 5. The van der Waals surface area contributed by atoms with Crippen molar-refractivity contribution >= 4 is 15.8 Å². The second-order valence-corrected chi connectivity index (χ2v) is 8.86. The van der Waals surface area contributed by atoms with E-state index in [1.807, 2.05) is 0 Å². The fourth-order valence-corrected chi connectivity index (χ4v) is 5.41. The average Bonchev–Trinajstić information content (AvgIpc) is 3.07. The lowest BCUT2D eigenvalue weighted by Gasteiger charge is -2.21. The molecule has 2 aromatic rings. The first-order valence-electron chi connectivity index (χ1n) is 8.51. The van der Waals surface area contributed by atoms with Gasteiger partial charge in [-0.2, -0.15) is 13.2 Å². The topological polar surface area (TPSA) is 74.7 Å². The zero-order chi connectivity index (χ0) is 20.5. The number of hydrogen-bond acceptors (Lipinski definition) is 4. The van der Waals surface area contributed by atoms with Crippen molar-refractivity contribution in [2.75, 3.05) is 6.54 Å². The van der Waals surface area contributed by atoms with E-state index in [2.05, 4.69) is 0 Å². The zero-order valence-corrected chi connectivity index (χ0v) is 15.4. The number of carboxylic acids is 1. The third-order valence-corrected chi connectivity index (χ3v) is 7.00. The van der Waals surface area contributed by atoms with Crippen LogP contribution in [0.4, 0.5) is 13.2 Å². The van der Waals surface area contributed by atoms with Gasteiger partial charge in [0, 0.05) is 13.1 Å². The lowest BCUT2D eigenvalue weighted by atomic mass is 10.2. The summed E-state index contributed by atoms with van der Waals surface area (Å²) >= 11 is 0. The zero-order valence-electron chi connectivity index (χ0n) is 14.6. The molecule has 0 spiro atoms. The first-order valence-corrected chi connectivity index (χ1v) is 10.1. The van der Waals surface area contributed by atoms with Gasteiger partial charge in [0.15, 0.2) is 9.84 Å². The highest BCUT2D eigenvalue weighted by Gasteiger charge is 2.46. The van der Waals surface area contributed by atoms with Crippen molar-refractivity contribution in [3.05, 3.63) is 65.7 Å². The molecular formula is C19H18F3NO4S. The van der Waals surface area contributed by atoms with Crippen LogP contribution in [0.25, 0.3) is 0 Å². The Labute approximate surface area is 160 Å². The fraction of sp³-hybridized carbons (Fsp3) is 0.316. The Kier molecular flexibility index (Phi) is 5.49. The molecule has 1 aliphatic heterocycles. The molecule has 5 nitrogen and oxygen atoms in total. The van der Waals surface area contributed by atoms with E-state index in [1.165, 1.54) is 11.0 Å². The Bertz CT molecular complexity index is 961. The van der Waals surface area contributed by atoms with Crippen LogP contribution in [0.5, 0.6) is 0 Å². The van der Waals surface area contributed by atoms with Gasteiger partial charge in [0.05, 0.1) is 15.7 Å². The number of nitrogens with zero attached hydrogens (tertiary/aromatic N) is 1. The minimum atomic E-state index is -4.82. The van der Waals surface area contributed by atoms with Gasteiger partial charge in [-0.3, -0.25) is 9.69 Å². The van der Waals surface area contributed by atoms with E-state index in [-0.39, 0.29) is 19.5 Å². The number of likely N-dealkylation sites (tertiary alicyclic amines) is 1. The van der Waals surface area contributed by atoms with Gasteiger partial charge in [-0.15, -0.1) is 0 Å². The molecule has 0 bridgehead atoms. The third kappa shape index (κ3) is 4.05. The Morgan fingerprint density at radius 2 is 1.68 bits per heavy atom. The normalized spacial score (nSPS) is 21.0. The molecule has 1 fully saturated rings. The Hall–Kier alpha value is -2.39. The molecule has 2 atom stereocenters. The molecule has 3 rings (SSSR count). The number of benzene rings is 2. The number of halogens is 3. The molecule has 1 aliphatic rings. The number of aliphatic carboxylic acids is 1. The minimum Gasteiger partial charge on any atom is -0.480 e. The standard InChI is InChI=1S/C19H18F3NO4S/c20-19(21,22)15-8-4-5-9-17(15)28(26,27)14-10-16(18(24)25)23(12-14)11-13-6-2-1-3-7-13/h1-9,14,16H,10-12H2,(H,24,25)/t14-,16+/m1/s1. The van der Waals surface area contributed by atoms with E-state index < -0.39 is 43.7 Å². The van der Waals surface area contributed by atoms with Crippen LogP contribution in [0.15, 0.2) is 59.5 Å². The van der Waals surface area contributed by atoms with E-state index >= 15 is 0 Å². The highest BCUT2D eigenvalue weighted by molar-refractivity contribution is 7.92. The monoisotopic (exact) mass is 413 g/mol. The molecule has 1 saturated heterocycles. The maximum atomic E-state index is 13.3. The van der Waals surface area contributed by atoms with Crippen LogP contribution in [-0.4, -0.2) is 42.2 Å². The first-order chi connectivity index (χ1) is 13.1. The molecule has 1 N–H and O–H groups in total. The summed E-state index contributed by atoms with van der Waals surface area (Å²) in [5, 5.41) is 8.25. The number of carboxylic acid groups (broad SMARTS) is 1. The summed E-state index contributed by atoms with van der Waals surface area (Å²) in [5.41, 5.74) is -0.439. The predicted molar refractivity (Wildman–Crippen MR) is 95.3 cm³/mol. The minimum absolute atomic E-state index is 0.152. The molecule has 1 heterocycles. The van der Waals surface area contributed by atoms with Crippen molar-refractivity contribution < 1.29 is 31.5 Å². The van der Waals surface area contributed by atoms with Gasteiger partial charge in [0.2, 0.25) is 0 Å². The number of hydrogen-bond donors (Lipinski definition) is 1. The van der Waals surface area contributed by atoms with Gasteiger partial charge < -0.3 is 5.11 Å². The number of alkyl halides is 3. The average molecular weight is 413 g/mol. The number of sulfone groups is 1. The van der Waals surface area contributed by atoms with Crippen LogP contribution in [0.1, 0.15) is 17.5 Å². The van der Waals surface area contributed by atoms with Crippen LogP contribution in [-0.2, 0) is 27.4 Å². The van der Waals surface area contributed by atoms with Crippen molar-refractivity contribution in [1.82, 2.24) is 4.90 Å². The van der Waals surface area contributed by atoms with Crippen LogP contribution < -0.4 is 0 Å². The second kappa shape index (κ2) is 7.56. The van der Waals surface area contributed by atoms with Crippen LogP contribution >= 0.6 is 0 Å². The summed E-state index contributed by atoms with van der Waals surface area (Å²) in [4.78, 5) is 12.3. The van der Waals surface area contributed by atoms with E-state index in [0.29, 0.717) is 0 Å². The molecule has 0 aliphatic carbocycles. The summed E-state index contributed by atoms with van der Waals surface area (Å²) in [5.74, 6) is -1.20. The molecule has 0 amide bonds. The van der Waals surface area contributed by atoms with Crippen molar-refractivity contribution in [3.8, 4) is 0 Å². The van der Waals surface area contributed by atoms with E-state index in [0.717, 1.165) is 23.8 Å². The molecule has 0 radical (unpaired) electrons. The largest absolute Gasteiger partial charge is 0.480 e.